The molecule has 7 nitrogen and oxygen atoms in total. The second-order valence-corrected chi connectivity index (χ2v) is 4.78. The number of carbonyl (C=O) groups excluding carboxylic acids is 2. The Morgan fingerprint density at radius 1 is 1.21 bits per heavy atom. The van der Waals surface area contributed by atoms with Crippen molar-refractivity contribution in [2.75, 3.05) is 33.4 Å². The van der Waals surface area contributed by atoms with E-state index in [-0.39, 0.29) is 24.9 Å². The van der Waals surface area contributed by atoms with E-state index in [9.17, 15) is 9.59 Å². The Morgan fingerprint density at radius 2 is 1.79 bits per heavy atom. The first-order valence-corrected chi connectivity index (χ1v) is 5.97. The van der Waals surface area contributed by atoms with Crippen LogP contribution < -0.4 is 5.73 Å². The van der Waals surface area contributed by atoms with Crippen molar-refractivity contribution in [1.29, 1.82) is 0 Å². The van der Waals surface area contributed by atoms with Crippen LogP contribution in [0.25, 0.3) is 0 Å². The first kappa shape index (κ1) is 15.0. The molecule has 1 rings (SSSR count). The minimum atomic E-state index is -0.180. The molecule has 2 amide bonds. The fourth-order valence-corrected chi connectivity index (χ4v) is 1.55. The minimum absolute atomic E-state index is 0.0562. The van der Waals surface area contributed by atoms with Crippen molar-refractivity contribution in [3.8, 4) is 0 Å². The summed E-state index contributed by atoms with van der Waals surface area (Å²) in [5.74, 6) is -0.301. The van der Waals surface area contributed by atoms with Gasteiger partial charge in [-0.3, -0.25) is 14.3 Å². The van der Waals surface area contributed by atoms with Gasteiger partial charge < -0.3 is 15.5 Å². The first-order chi connectivity index (χ1) is 8.73. The van der Waals surface area contributed by atoms with Gasteiger partial charge in [0.2, 0.25) is 11.8 Å². The molecule has 0 saturated carbocycles. The number of hydrogen-bond acceptors (Lipinski definition) is 4. The first-order valence-electron chi connectivity index (χ1n) is 5.97. The van der Waals surface area contributed by atoms with Crippen LogP contribution in [-0.4, -0.2) is 59.1 Å². The summed E-state index contributed by atoms with van der Waals surface area (Å²) in [5, 5.41) is 4.20. The van der Waals surface area contributed by atoms with Gasteiger partial charge in [-0.15, -0.1) is 0 Å². The Morgan fingerprint density at radius 3 is 2.21 bits per heavy atom. The predicted molar refractivity (Wildman–Crippen MR) is 72.4 cm³/mol. The van der Waals surface area contributed by atoms with Gasteiger partial charge in [-0.2, -0.15) is 5.10 Å². The molecule has 0 atom stereocenters. The van der Waals surface area contributed by atoms with E-state index in [1.54, 1.807) is 32.7 Å². The Bertz CT molecular complexity index is 493. The molecule has 1 heterocycles. The number of aryl methyl sites for hydroxylation is 1. The molecule has 0 aliphatic carbocycles. The highest BCUT2D eigenvalue weighted by Crippen LogP contribution is 2.14. The van der Waals surface area contributed by atoms with Crippen molar-refractivity contribution in [1.82, 2.24) is 19.6 Å². The molecule has 0 aliphatic heterocycles. The highest BCUT2D eigenvalue weighted by Gasteiger charge is 2.17. The number of nitrogens with zero attached hydrogens (tertiary/aromatic N) is 4. The zero-order valence-corrected chi connectivity index (χ0v) is 12.1. The summed E-state index contributed by atoms with van der Waals surface area (Å²) in [6, 6.07) is 0. The largest absolute Gasteiger partial charge is 0.396 e. The van der Waals surface area contributed by atoms with Gasteiger partial charge in [0.15, 0.2) is 0 Å². The number of rotatable bonds is 4. The monoisotopic (exact) mass is 267 g/mol. The fourth-order valence-electron chi connectivity index (χ4n) is 1.55. The number of anilines is 1. The Balaban J connectivity index is 2.69. The van der Waals surface area contributed by atoms with E-state index < -0.39 is 0 Å². The van der Waals surface area contributed by atoms with Crippen LogP contribution in [0.3, 0.4) is 0 Å². The molecule has 2 N–H and O–H groups in total. The van der Waals surface area contributed by atoms with Crippen molar-refractivity contribution in [2.24, 2.45) is 0 Å². The maximum atomic E-state index is 12.0. The van der Waals surface area contributed by atoms with Crippen LogP contribution in [-0.2, 0) is 16.1 Å². The van der Waals surface area contributed by atoms with E-state index in [1.807, 2.05) is 6.92 Å². The molecule has 0 fully saturated rings. The summed E-state index contributed by atoms with van der Waals surface area (Å²) in [7, 11) is 4.91. The summed E-state index contributed by atoms with van der Waals surface area (Å²) in [5.41, 5.74) is 7.87. The minimum Gasteiger partial charge on any atom is -0.396 e. The quantitative estimate of drug-likeness (QED) is 0.806. The fraction of sp³-hybridized carbons (Fsp3) is 0.583. The highest BCUT2D eigenvalue weighted by atomic mass is 16.2. The summed E-state index contributed by atoms with van der Waals surface area (Å²) in [6.45, 7) is 3.75. The number of aromatic nitrogens is 2. The van der Waals surface area contributed by atoms with Gasteiger partial charge in [-0.25, -0.2) is 0 Å². The van der Waals surface area contributed by atoms with Crippen molar-refractivity contribution in [2.45, 2.75) is 20.4 Å². The summed E-state index contributed by atoms with van der Waals surface area (Å²) < 4.78 is 1.56. The zero-order valence-electron chi connectivity index (χ0n) is 12.1. The third-order valence-corrected chi connectivity index (χ3v) is 3.02. The maximum Gasteiger partial charge on any atom is 0.244 e. The van der Waals surface area contributed by atoms with Crippen LogP contribution in [0, 0.1) is 13.8 Å². The van der Waals surface area contributed by atoms with Crippen molar-refractivity contribution >= 4 is 17.5 Å². The zero-order chi connectivity index (χ0) is 14.7. The summed E-state index contributed by atoms with van der Waals surface area (Å²) >= 11 is 0. The van der Waals surface area contributed by atoms with Crippen LogP contribution >= 0.6 is 0 Å². The number of carbonyl (C=O) groups is 2. The SMILES string of the molecule is Cc1nn(CC(=O)N(C)CC(=O)N(C)C)c(C)c1N. The average Bonchev–Trinajstić information content (AvgIpc) is 2.56. The molecule has 0 aromatic carbocycles. The van der Waals surface area contributed by atoms with Crippen molar-refractivity contribution < 1.29 is 9.59 Å². The van der Waals surface area contributed by atoms with Gasteiger partial charge in [-0.05, 0) is 13.8 Å². The van der Waals surface area contributed by atoms with E-state index in [0.717, 1.165) is 5.69 Å². The van der Waals surface area contributed by atoms with Gasteiger partial charge in [0.25, 0.3) is 0 Å². The third-order valence-electron chi connectivity index (χ3n) is 3.02. The van der Waals surface area contributed by atoms with Crippen LogP contribution in [0.4, 0.5) is 5.69 Å². The molecule has 0 saturated heterocycles. The van der Waals surface area contributed by atoms with E-state index in [0.29, 0.717) is 11.4 Å². The normalized spacial score (nSPS) is 10.4. The molecule has 0 unspecified atom stereocenters. The number of nitrogens with two attached hydrogens (primary N) is 1. The molecule has 0 spiro atoms. The van der Waals surface area contributed by atoms with Crippen LogP contribution in [0.1, 0.15) is 11.4 Å². The van der Waals surface area contributed by atoms with Crippen LogP contribution in [0.5, 0.6) is 0 Å². The van der Waals surface area contributed by atoms with Crippen LogP contribution in [0.15, 0.2) is 0 Å². The number of nitrogen functional groups attached to an aromatic ring is 1. The number of amides is 2. The molecule has 1 aromatic rings. The molecule has 19 heavy (non-hydrogen) atoms. The lowest BCUT2D eigenvalue weighted by Gasteiger charge is -2.19. The standard InChI is InChI=1S/C12H21N5O2/c1-8-12(13)9(2)17(14-8)7-11(19)16(5)6-10(18)15(3)4/h6-7,13H2,1-5H3. The number of likely N-dealkylation sites (N-methyl/N-ethyl adjacent to an activating group) is 2. The molecule has 106 valence electrons. The molecular weight excluding hydrogens is 246 g/mol. The predicted octanol–water partition coefficient (Wildman–Crippen LogP) is -0.371. The van der Waals surface area contributed by atoms with Crippen molar-refractivity contribution in [3.63, 3.8) is 0 Å². The van der Waals surface area contributed by atoms with E-state index in [2.05, 4.69) is 5.10 Å². The van der Waals surface area contributed by atoms with Gasteiger partial charge in [0.1, 0.15) is 6.54 Å². The lowest BCUT2D eigenvalue weighted by Crippen LogP contribution is -2.39. The van der Waals surface area contributed by atoms with E-state index >= 15 is 0 Å². The molecule has 0 bridgehead atoms. The molecule has 7 heteroatoms. The lowest BCUT2D eigenvalue weighted by atomic mass is 10.3. The number of hydrogen-bond donors (Lipinski definition) is 1. The van der Waals surface area contributed by atoms with Gasteiger partial charge in [0.05, 0.1) is 23.6 Å². The highest BCUT2D eigenvalue weighted by molar-refractivity contribution is 5.84. The Hall–Kier alpha value is -2.05. The molecule has 1 aromatic heterocycles. The third kappa shape index (κ3) is 3.46. The van der Waals surface area contributed by atoms with E-state index in [1.165, 1.54) is 9.80 Å². The second-order valence-electron chi connectivity index (χ2n) is 4.78. The topological polar surface area (TPSA) is 84.5 Å². The molecular formula is C12H21N5O2. The van der Waals surface area contributed by atoms with Gasteiger partial charge in [0, 0.05) is 21.1 Å². The van der Waals surface area contributed by atoms with Crippen molar-refractivity contribution in [3.05, 3.63) is 11.4 Å². The lowest BCUT2D eigenvalue weighted by molar-refractivity contribution is -0.138. The maximum absolute atomic E-state index is 12.0. The average molecular weight is 267 g/mol. The smallest absolute Gasteiger partial charge is 0.244 e. The Labute approximate surface area is 113 Å². The van der Waals surface area contributed by atoms with Crippen LogP contribution in [0.2, 0.25) is 0 Å². The van der Waals surface area contributed by atoms with Gasteiger partial charge in [-0.1, -0.05) is 0 Å². The second kappa shape index (κ2) is 5.73. The van der Waals surface area contributed by atoms with E-state index in [4.69, 9.17) is 5.73 Å². The molecule has 0 radical (unpaired) electrons. The van der Waals surface area contributed by atoms with Gasteiger partial charge >= 0.3 is 0 Å². The summed E-state index contributed by atoms with van der Waals surface area (Å²) in [4.78, 5) is 26.4. The Kier molecular flexibility index (Phi) is 4.52. The summed E-state index contributed by atoms with van der Waals surface area (Å²) in [6.07, 6.45) is 0. The molecule has 0 aliphatic rings.